The monoisotopic (exact) mass is 344 g/mol. The first-order valence-corrected chi connectivity index (χ1v) is 7.92. The van der Waals surface area contributed by atoms with E-state index in [1.54, 1.807) is 18.3 Å². The van der Waals surface area contributed by atoms with Gasteiger partial charge in [0.2, 0.25) is 5.91 Å². The second-order valence-corrected chi connectivity index (χ2v) is 6.10. The standard InChI is InChI=1S/C17H17ClN4O2/c1-11-3-8-15-9-19-21(17(24)22(11)15)10-16(23)20-12(2)13-4-6-14(18)7-5-13/h3-9,12H,10H2,1-2H3,(H,20,23). The molecule has 1 N–H and O–H groups in total. The summed E-state index contributed by atoms with van der Waals surface area (Å²) in [4.78, 5) is 24.6. The third-order valence-corrected chi connectivity index (χ3v) is 4.14. The predicted molar refractivity (Wildman–Crippen MR) is 92.2 cm³/mol. The molecule has 0 saturated heterocycles. The smallest absolute Gasteiger partial charge is 0.348 e. The number of aryl methyl sites for hydroxylation is 1. The van der Waals surface area contributed by atoms with Crippen molar-refractivity contribution < 1.29 is 4.79 Å². The fourth-order valence-corrected chi connectivity index (χ4v) is 2.71. The highest BCUT2D eigenvalue weighted by Crippen LogP contribution is 2.15. The summed E-state index contributed by atoms with van der Waals surface area (Å²) in [6.07, 6.45) is 1.57. The SMILES string of the molecule is Cc1ccc2cnn(CC(=O)NC(C)c3ccc(Cl)cc3)c(=O)n12. The molecule has 7 heteroatoms. The molecule has 0 spiro atoms. The predicted octanol–water partition coefficient (Wildman–Crippen LogP) is 2.34. The van der Waals surface area contributed by atoms with Gasteiger partial charge in [0.25, 0.3) is 0 Å². The fourth-order valence-electron chi connectivity index (χ4n) is 2.58. The van der Waals surface area contributed by atoms with Crippen LogP contribution in [0.5, 0.6) is 0 Å². The first-order valence-electron chi connectivity index (χ1n) is 7.55. The molecule has 0 bridgehead atoms. The van der Waals surface area contributed by atoms with Gasteiger partial charge < -0.3 is 5.32 Å². The van der Waals surface area contributed by atoms with Crippen molar-refractivity contribution in [3.05, 3.63) is 69.4 Å². The Labute approximate surface area is 143 Å². The van der Waals surface area contributed by atoms with Crippen LogP contribution in [0.25, 0.3) is 5.52 Å². The molecule has 3 rings (SSSR count). The number of rotatable bonds is 4. The van der Waals surface area contributed by atoms with Crippen molar-refractivity contribution in [1.82, 2.24) is 19.5 Å². The van der Waals surface area contributed by atoms with Crippen LogP contribution < -0.4 is 11.0 Å². The zero-order valence-corrected chi connectivity index (χ0v) is 14.1. The van der Waals surface area contributed by atoms with E-state index in [-0.39, 0.29) is 24.2 Å². The molecule has 1 amide bonds. The van der Waals surface area contributed by atoms with Gasteiger partial charge in [0.15, 0.2) is 0 Å². The topological polar surface area (TPSA) is 68.4 Å². The summed E-state index contributed by atoms with van der Waals surface area (Å²) in [5.41, 5.74) is 2.12. The molecule has 2 aromatic heterocycles. The average Bonchev–Trinajstić information content (AvgIpc) is 2.92. The van der Waals surface area contributed by atoms with Gasteiger partial charge in [0.05, 0.1) is 17.8 Å². The molecule has 0 aliphatic carbocycles. The number of fused-ring (bicyclic) bond motifs is 1. The molecule has 2 heterocycles. The zero-order valence-electron chi connectivity index (χ0n) is 13.4. The van der Waals surface area contributed by atoms with E-state index in [0.717, 1.165) is 15.9 Å². The highest BCUT2D eigenvalue weighted by molar-refractivity contribution is 6.30. The van der Waals surface area contributed by atoms with Crippen molar-refractivity contribution in [3.8, 4) is 0 Å². The lowest BCUT2D eigenvalue weighted by Gasteiger charge is -2.15. The minimum absolute atomic E-state index is 0.135. The van der Waals surface area contributed by atoms with E-state index in [9.17, 15) is 9.59 Å². The van der Waals surface area contributed by atoms with Crippen molar-refractivity contribution in [2.45, 2.75) is 26.4 Å². The number of nitrogens with one attached hydrogen (secondary N) is 1. The van der Waals surface area contributed by atoms with Crippen LogP contribution in [0.3, 0.4) is 0 Å². The van der Waals surface area contributed by atoms with Crippen LogP contribution in [-0.4, -0.2) is 20.1 Å². The molecule has 124 valence electrons. The van der Waals surface area contributed by atoms with E-state index >= 15 is 0 Å². The number of nitrogens with zero attached hydrogens (tertiary/aromatic N) is 3. The van der Waals surface area contributed by atoms with E-state index in [2.05, 4.69) is 10.4 Å². The summed E-state index contributed by atoms with van der Waals surface area (Å²) in [5, 5.41) is 7.56. The van der Waals surface area contributed by atoms with Gasteiger partial charge in [-0.25, -0.2) is 9.48 Å². The van der Waals surface area contributed by atoms with Crippen LogP contribution in [0.15, 0.2) is 47.4 Å². The third kappa shape index (κ3) is 3.19. The molecule has 0 radical (unpaired) electrons. The summed E-state index contributed by atoms with van der Waals surface area (Å²) in [6.45, 7) is 3.57. The minimum atomic E-state index is -0.329. The lowest BCUT2D eigenvalue weighted by atomic mass is 10.1. The Kier molecular flexibility index (Phi) is 4.40. The molecule has 0 aliphatic rings. The molecular formula is C17H17ClN4O2. The maximum absolute atomic E-state index is 12.4. The number of aromatic nitrogens is 3. The highest BCUT2D eigenvalue weighted by atomic mass is 35.5. The van der Waals surface area contributed by atoms with Crippen LogP contribution in [-0.2, 0) is 11.3 Å². The lowest BCUT2D eigenvalue weighted by molar-refractivity contribution is -0.122. The largest absolute Gasteiger partial charge is 0.349 e. The van der Waals surface area contributed by atoms with Crippen molar-refractivity contribution in [3.63, 3.8) is 0 Å². The quantitative estimate of drug-likeness (QED) is 0.789. The number of hydrogen-bond donors (Lipinski definition) is 1. The zero-order chi connectivity index (χ0) is 17.3. The second kappa shape index (κ2) is 6.49. The summed E-state index contributed by atoms with van der Waals surface area (Å²) < 4.78 is 2.69. The Bertz CT molecular complexity index is 943. The van der Waals surface area contributed by atoms with Crippen LogP contribution in [0, 0.1) is 6.92 Å². The van der Waals surface area contributed by atoms with Gasteiger partial charge in [0.1, 0.15) is 6.54 Å². The molecule has 3 aromatic rings. The number of carbonyl (C=O) groups is 1. The van der Waals surface area contributed by atoms with E-state index in [1.165, 1.54) is 4.40 Å². The van der Waals surface area contributed by atoms with Gasteiger partial charge in [0, 0.05) is 10.7 Å². The van der Waals surface area contributed by atoms with Gasteiger partial charge in [-0.05, 0) is 43.7 Å². The van der Waals surface area contributed by atoms with Crippen LogP contribution in [0.4, 0.5) is 0 Å². The van der Waals surface area contributed by atoms with Gasteiger partial charge in [-0.3, -0.25) is 9.20 Å². The maximum Gasteiger partial charge on any atom is 0.349 e. The van der Waals surface area contributed by atoms with Crippen LogP contribution >= 0.6 is 11.6 Å². The van der Waals surface area contributed by atoms with Gasteiger partial charge in [-0.15, -0.1) is 0 Å². The highest BCUT2D eigenvalue weighted by Gasteiger charge is 2.13. The Morgan fingerprint density at radius 3 is 2.67 bits per heavy atom. The minimum Gasteiger partial charge on any atom is -0.348 e. The Balaban J connectivity index is 1.75. The fraction of sp³-hybridized carbons (Fsp3) is 0.235. The summed E-state index contributed by atoms with van der Waals surface area (Å²) in [6, 6.07) is 10.7. The molecule has 1 aromatic carbocycles. The second-order valence-electron chi connectivity index (χ2n) is 5.66. The van der Waals surface area contributed by atoms with E-state index in [1.807, 2.05) is 38.1 Å². The van der Waals surface area contributed by atoms with Crippen molar-refractivity contribution >= 4 is 23.0 Å². The molecule has 0 aliphatic heterocycles. The number of benzene rings is 1. The van der Waals surface area contributed by atoms with Crippen molar-refractivity contribution in [1.29, 1.82) is 0 Å². The molecule has 24 heavy (non-hydrogen) atoms. The number of carbonyl (C=O) groups excluding carboxylic acids is 1. The summed E-state index contributed by atoms with van der Waals surface area (Å²) in [7, 11) is 0. The average molecular weight is 345 g/mol. The molecule has 0 fully saturated rings. The Hall–Kier alpha value is -2.60. The summed E-state index contributed by atoms with van der Waals surface area (Å²) >= 11 is 5.86. The van der Waals surface area contributed by atoms with Crippen molar-refractivity contribution in [2.75, 3.05) is 0 Å². The van der Waals surface area contributed by atoms with Crippen LogP contribution in [0.1, 0.15) is 24.2 Å². The molecule has 1 atom stereocenters. The van der Waals surface area contributed by atoms with Gasteiger partial charge in [-0.2, -0.15) is 5.10 Å². The molecule has 0 saturated carbocycles. The number of hydrogen-bond acceptors (Lipinski definition) is 3. The van der Waals surface area contributed by atoms with E-state index < -0.39 is 0 Å². The molecule has 1 unspecified atom stereocenters. The van der Waals surface area contributed by atoms with Crippen molar-refractivity contribution in [2.24, 2.45) is 0 Å². The van der Waals surface area contributed by atoms with E-state index in [4.69, 9.17) is 11.6 Å². The first kappa shape index (κ1) is 16.3. The Morgan fingerprint density at radius 2 is 1.96 bits per heavy atom. The number of amides is 1. The summed E-state index contributed by atoms with van der Waals surface area (Å²) in [5.74, 6) is -0.281. The van der Waals surface area contributed by atoms with Crippen LogP contribution in [0.2, 0.25) is 5.02 Å². The maximum atomic E-state index is 12.4. The molecular weight excluding hydrogens is 328 g/mol. The van der Waals surface area contributed by atoms with Gasteiger partial charge in [-0.1, -0.05) is 23.7 Å². The van der Waals surface area contributed by atoms with E-state index in [0.29, 0.717) is 10.5 Å². The third-order valence-electron chi connectivity index (χ3n) is 3.89. The normalized spacial score (nSPS) is 12.3. The van der Waals surface area contributed by atoms with Gasteiger partial charge >= 0.3 is 5.69 Å². The molecule has 6 nitrogen and oxygen atoms in total. The number of halogens is 1. The first-order chi connectivity index (χ1) is 11.5. The lowest BCUT2D eigenvalue weighted by Crippen LogP contribution is -2.37. The Morgan fingerprint density at radius 1 is 1.25 bits per heavy atom.